The zero-order valence-electron chi connectivity index (χ0n) is 14.3. The summed E-state index contributed by atoms with van der Waals surface area (Å²) in [5.74, 6) is -1.84. The number of sulfonamides is 1. The molecule has 0 bridgehead atoms. The fraction of sp³-hybridized carbons (Fsp3) is 0.188. The highest BCUT2D eigenvalue weighted by atomic mass is 32.2. The number of nitro groups is 1. The van der Waals surface area contributed by atoms with Gasteiger partial charge in [0.1, 0.15) is 11.9 Å². The second kappa shape index (κ2) is 7.68. The van der Waals surface area contributed by atoms with E-state index in [1.165, 1.54) is 19.2 Å². The Labute approximate surface area is 154 Å². The van der Waals surface area contributed by atoms with Crippen molar-refractivity contribution in [3.05, 3.63) is 64.0 Å². The van der Waals surface area contributed by atoms with E-state index in [2.05, 4.69) is 0 Å². The summed E-state index contributed by atoms with van der Waals surface area (Å²) in [5.41, 5.74) is 4.79. The molecular formula is C16H16FN3O6S. The molecule has 9 nitrogen and oxygen atoms in total. The van der Waals surface area contributed by atoms with Gasteiger partial charge in [0.2, 0.25) is 15.9 Å². The third-order valence-corrected chi connectivity index (χ3v) is 5.64. The summed E-state index contributed by atoms with van der Waals surface area (Å²) < 4.78 is 44.7. The normalized spacial score (nSPS) is 12.6. The molecule has 0 aliphatic heterocycles. The maximum atomic E-state index is 13.5. The van der Waals surface area contributed by atoms with Crippen LogP contribution in [0.5, 0.6) is 5.75 Å². The number of likely N-dealkylation sites (N-methyl/N-ethyl adjacent to an activating group) is 1. The van der Waals surface area contributed by atoms with Crippen LogP contribution in [0.15, 0.2) is 47.4 Å². The number of carbonyl (C=O) groups is 1. The summed E-state index contributed by atoms with van der Waals surface area (Å²) in [5, 5.41) is 11.1. The SMILES string of the molecule is COc1ccc(S(=O)(=O)N(C)[C@@H](C(N)=O)c2cccc(F)c2)cc1[N+](=O)[O-]. The lowest BCUT2D eigenvalue weighted by Gasteiger charge is -2.25. The van der Waals surface area contributed by atoms with Crippen LogP contribution < -0.4 is 10.5 Å². The molecule has 1 amide bonds. The van der Waals surface area contributed by atoms with Crippen molar-refractivity contribution in [2.24, 2.45) is 5.73 Å². The van der Waals surface area contributed by atoms with Gasteiger partial charge in [-0.2, -0.15) is 4.31 Å². The Morgan fingerprint density at radius 1 is 1.30 bits per heavy atom. The topological polar surface area (TPSA) is 133 Å². The summed E-state index contributed by atoms with van der Waals surface area (Å²) in [7, 11) is -2.10. The molecule has 2 rings (SSSR count). The number of hydrogen-bond donors (Lipinski definition) is 1. The summed E-state index contributed by atoms with van der Waals surface area (Å²) in [6.45, 7) is 0. The van der Waals surface area contributed by atoms with Gasteiger partial charge in [-0.3, -0.25) is 14.9 Å². The lowest BCUT2D eigenvalue weighted by atomic mass is 10.1. The van der Waals surface area contributed by atoms with Crippen molar-refractivity contribution in [3.8, 4) is 5.75 Å². The molecule has 0 heterocycles. The Hall–Kier alpha value is -3.05. The summed E-state index contributed by atoms with van der Waals surface area (Å²) in [6, 6.07) is 6.30. The molecule has 0 aliphatic rings. The van der Waals surface area contributed by atoms with E-state index in [1.807, 2.05) is 0 Å². The van der Waals surface area contributed by atoms with Crippen LogP contribution in [0.25, 0.3) is 0 Å². The molecule has 144 valence electrons. The molecule has 0 saturated carbocycles. The van der Waals surface area contributed by atoms with Gasteiger partial charge in [0.15, 0.2) is 5.75 Å². The average Bonchev–Trinajstić information content (AvgIpc) is 2.60. The van der Waals surface area contributed by atoms with Crippen LogP contribution in [0, 0.1) is 15.9 Å². The first-order valence-corrected chi connectivity index (χ1v) is 8.89. The van der Waals surface area contributed by atoms with Crippen LogP contribution in [0.1, 0.15) is 11.6 Å². The van der Waals surface area contributed by atoms with Gasteiger partial charge in [-0.1, -0.05) is 12.1 Å². The van der Waals surface area contributed by atoms with E-state index in [-0.39, 0.29) is 11.3 Å². The maximum Gasteiger partial charge on any atom is 0.312 e. The number of hydrogen-bond acceptors (Lipinski definition) is 6. The van der Waals surface area contributed by atoms with Crippen LogP contribution in [0.2, 0.25) is 0 Å². The Balaban J connectivity index is 2.55. The predicted octanol–water partition coefficient (Wildman–Crippen LogP) is 1.59. The molecule has 2 N–H and O–H groups in total. The highest BCUT2D eigenvalue weighted by molar-refractivity contribution is 7.89. The van der Waals surface area contributed by atoms with Crippen LogP contribution in [0.3, 0.4) is 0 Å². The number of primary amides is 1. The lowest BCUT2D eigenvalue weighted by molar-refractivity contribution is -0.386. The second-order valence-corrected chi connectivity index (χ2v) is 7.47. The fourth-order valence-electron chi connectivity index (χ4n) is 2.51. The number of nitro benzene ring substituents is 1. The van der Waals surface area contributed by atoms with Gasteiger partial charge in [-0.15, -0.1) is 0 Å². The number of benzene rings is 2. The van der Waals surface area contributed by atoms with Gasteiger partial charge >= 0.3 is 5.69 Å². The van der Waals surface area contributed by atoms with Crippen molar-refractivity contribution in [1.82, 2.24) is 4.31 Å². The molecule has 0 aliphatic carbocycles. The minimum absolute atomic E-state index is 0.0246. The van der Waals surface area contributed by atoms with Gasteiger partial charge in [0.05, 0.1) is 16.9 Å². The quantitative estimate of drug-likeness (QED) is 0.557. The van der Waals surface area contributed by atoms with E-state index in [4.69, 9.17) is 10.5 Å². The largest absolute Gasteiger partial charge is 0.490 e. The van der Waals surface area contributed by atoms with Crippen LogP contribution in [-0.4, -0.2) is 37.7 Å². The minimum atomic E-state index is -4.38. The smallest absolute Gasteiger partial charge is 0.312 e. The number of rotatable bonds is 7. The van der Waals surface area contributed by atoms with Crippen LogP contribution in [0.4, 0.5) is 10.1 Å². The number of nitrogens with zero attached hydrogens (tertiary/aromatic N) is 2. The third-order valence-electron chi connectivity index (χ3n) is 3.82. The van der Waals surface area contributed by atoms with E-state index < -0.39 is 43.3 Å². The van der Waals surface area contributed by atoms with Crippen molar-refractivity contribution in [3.63, 3.8) is 0 Å². The molecule has 2 aromatic rings. The molecule has 0 spiro atoms. The summed E-state index contributed by atoms with van der Waals surface area (Å²) >= 11 is 0. The van der Waals surface area contributed by atoms with Gasteiger partial charge in [-0.25, -0.2) is 12.8 Å². The van der Waals surface area contributed by atoms with Crippen molar-refractivity contribution in [2.45, 2.75) is 10.9 Å². The first kappa shape index (κ1) is 20.3. The standard InChI is InChI=1S/C16H16FN3O6S/c1-19(15(16(18)21)10-4-3-5-11(17)8-10)27(24,25)12-6-7-14(26-2)13(9-12)20(22)23/h3-9,15H,1-2H3,(H2,18,21)/t15-/m1/s1. The van der Waals surface area contributed by atoms with E-state index in [0.717, 1.165) is 37.4 Å². The fourth-order valence-corrected chi connectivity index (χ4v) is 3.84. The molecule has 0 radical (unpaired) electrons. The first-order chi connectivity index (χ1) is 12.6. The Morgan fingerprint density at radius 2 is 1.96 bits per heavy atom. The molecule has 11 heteroatoms. The number of carbonyl (C=O) groups excluding carboxylic acids is 1. The monoisotopic (exact) mass is 397 g/mol. The van der Waals surface area contributed by atoms with E-state index >= 15 is 0 Å². The summed E-state index contributed by atoms with van der Waals surface area (Å²) in [4.78, 5) is 21.8. The van der Waals surface area contributed by atoms with Crippen LogP contribution in [-0.2, 0) is 14.8 Å². The number of amides is 1. The number of methoxy groups -OCH3 is 1. The lowest BCUT2D eigenvalue weighted by Crippen LogP contribution is -2.39. The Morgan fingerprint density at radius 3 is 2.48 bits per heavy atom. The number of ether oxygens (including phenoxy) is 1. The van der Waals surface area contributed by atoms with Gasteiger partial charge in [0.25, 0.3) is 0 Å². The predicted molar refractivity (Wildman–Crippen MR) is 92.9 cm³/mol. The zero-order chi connectivity index (χ0) is 20.4. The Kier molecular flexibility index (Phi) is 5.76. The van der Waals surface area contributed by atoms with Gasteiger partial charge in [0, 0.05) is 13.1 Å². The van der Waals surface area contributed by atoms with E-state index in [0.29, 0.717) is 4.31 Å². The highest BCUT2D eigenvalue weighted by Gasteiger charge is 2.34. The zero-order valence-corrected chi connectivity index (χ0v) is 15.1. The van der Waals surface area contributed by atoms with Crippen molar-refractivity contribution >= 4 is 21.6 Å². The second-order valence-electron chi connectivity index (χ2n) is 5.47. The minimum Gasteiger partial charge on any atom is -0.490 e. The molecule has 1 atom stereocenters. The number of halogens is 1. The van der Waals surface area contributed by atoms with E-state index in [1.54, 1.807) is 0 Å². The molecule has 2 aromatic carbocycles. The Bertz CT molecular complexity index is 995. The third kappa shape index (κ3) is 4.04. The van der Waals surface area contributed by atoms with Gasteiger partial charge < -0.3 is 10.5 Å². The first-order valence-electron chi connectivity index (χ1n) is 7.45. The molecule has 0 saturated heterocycles. The average molecular weight is 397 g/mol. The molecule has 0 unspecified atom stereocenters. The van der Waals surface area contributed by atoms with E-state index in [9.17, 15) is 27.7 Å². The molecular weight excluding hydrogens is 381 g/mol. The highest BCUT2D eigenvalue weighted by Crippen LogP contribution is 2.32. The molecule has 0 fully saturated rings. The van der Waals surface area contributed by atoms with Crippen LogP contribution >= 0.6 is 0 Å². The van der Waals surface area contributed by atoms with Crippen molar-refractivity contribution in [2.75, 3.05) is 14.2 Å². The van der Waals surface area contributed by atoms with Gasteiger partial charge in [-0.05, 0) is 29.8 Å². The molecule has 0 aromatic heterocycles. The molecule has 27 heavy (non-hydrogen) atoms. The maximum absolute atomic E-state index is 13.5. The van der Waals surface area contributed by atoms with Crippen molar-refractivity contribution in [1.29, 1.82) is 0 Å². The number of nitrogens with two attached hydrogens (primary N) is 1. The summed E-state index contributed by atoms with van der Waals surface area (Å²) in [6.07, 6.45) is 0. The van der Waals surface area contributed by atoms with Crippen molar-refractivity contribution < 1.29 is 27.3 Å².